The molecular formula is C23H28N2O4. The number of piperazine rings is 1. The van der Waals surface area contributed by atoms with Crippen molar-refractivity contribution in [1.29, 1.82) is 0 Å². The van der Waals surface area contributed by atoms with Crippen LogP contribution < -0.4 is 14.4 Å². The average Bonchev–Trinajstić information content (AvgIpc) is 3.31. The molecule has 0 aromatic heterocycles. The third-order valence-electron chi connectivity index (χ3n) is 5.57. The highest BCUT2D eigenvalue weighted by Gasteiger charge is 2.25. The first-order valence-electron chi connectivity index (χ1n) is 10.3. The van der Waals surface area contributed by atoms with Crippen molar-refractivity contribution >= 4 is 11.6 Å². The van der Waals surface area contributed by atoms with Crippen molar-refractivity contribution in [3.63, 3.8) is 0 Å². The average molecular weight is 396 g/mol. The lowest BCUT2D eigenvalue weighted by molar-refractivity contribution is 0.0648. The molecule has 1 atom stereocenters. The van der Waals surface area contributed by atoms with Crippen molar-refractivity contribution in [3.8, 4) is 11.5 Å². The normalized spacial score (nSPS) is 19.3. The van der Waals surface area contributed by atoms with Crippen LogP contribution in [0.2, 0.25) is 0 Å². The predicted molar refractivity (Wildman–Crippen MR) is 112 cm³/mol. The van der Waals surface area contributed by atoms with Gasteiger partial charge >= 0.3 is 0 Å². The Bertz CT molecular complexity index is 810. The summed E-state index contributed by atoms with van der Waals surface area (Å²) in [4.78, 5) is 17.3. The summed E-state index contributed by atoms with van der Waals surface area (Å²) >= 11 is 0. The monoisotopic (exact) mass is 396 g/mol. The second kappa shape index (κ2) is 9.18. The number of benzene rings is 2. The number of carbonyl (C=O) groups excluding carboxylic acids is 1. The van der Waals surface area contributed by atoms with Gasteiger partial charge in [-0.25, -0.2) is 0 Å². The van der Waals surface area contributed by atoms with Crippen LogP contribution in [0.25, 0.3) is 0 Å². The summed E-state index contributed by atoms with van der Waals surface area (Å²) < 4.78 is 16.8. The molecule has 0 spiro atoms. The van der Waals surface area contributed by atoms with Crippen LogP contribution >= 0.6 is 0 Å². The van der Waals surface area contributed by atoms with E-state index in [9.17, 15) is 4.79 Å². The van der Waals surface area contributed by atoms with Crippen molar-refractivity contribution in [3.05, 3.63) is 54.1 Å². The van der Waals surface area contributed by atoms with E-state index in [2.05, 4.69) is 17.0 Å². The van der Waals surface area contributed by atoms with E-state index in [0.717, 1.165) is 44.0 Å². The van der Waals surface area contributed by atoms with E-state index in [1.165, 1.54) is 0 Å². The van der Waals surface area contributed by atoms with Crippen LogP contribution in [-0.2, 0) is 4.74 Å². The lowest BCUT2D eigenvalue weighted by Crippen LogP contribution is -2.48. The lowest BCUT2D eigenvalue weighted by atomic mass is 10.1. The van der Waals surface area contributed by atoms with Gasteiger partial charge in [0.1, 0.15) is 18.1 Å². The summed E-state index contributed by atoms with van der Waals surface area (Å²) in [7, 11) is 1.67. The minimum atomic E-state index is 0.0299. The fourth-order valence-electron chi connectivity index (χ4n) is 3.86. The first kappa shape index (κ1) is 19.6. The molecule has 0 radical (unpaired) electrons. The zero-order valence-electron chi connectivity index (χ0n) is 16.9. The van der Waals surface area contributed by atoms with Crippen LogP contribution in [-0.4, -0.2) is 63.4 Å². The summed E-state index contributed by atoms with van der Waals surface area (Å²) in [5.41, 5.74) is 1.78. The molecule has 0 bridgehead atoms. The van der Waals surface area contributed by atoms with Crippen LogP contribution in [0.1, 0.15) is 23.2 Å². The Hall–Kier alpha value is -2.73. The summed E-state index contributed by atoms with van der Waals surface area (Å²) in [6.07, 6.45) is 2.22. The highest BCUT2D eigenvalue weighted by atomic mass is 16.5. The smallest absolute Gasteiger partial charge is 0.257 e. The van der Waals surface area contributed by atoms with Gasteiger partial charge in [0.05, 0.1) is 18.8 Å². The lowest BCUT2D eigenvalue weighted by Gasteiger charge is -2.36. The number of ether oxygens (including phenoxy) is 3. The number of hydrogen-bond donors (Lipinski definition) is 0. The van der Waals surface area contributed by atoms with Gasteiger partial charge < -0.3 is 24.0 Å². The van der Waals surface area contributed by atoms with E-state index < -0.39 is 0 Å². The fraction of sp³-hybridized carbons (Fsp3) is 0.435. The van der Waals surface area contributed by atoms with Gasteiger partial charge in [-0.1, -0.05) is 12.1 Å². The summed E-state index contributed by atoms with van der Waals surface area (Å²) in [5.74, 6) is 1.52. The van der Waals surface area contributed by atoms with Crippen molar-refractivity contribution in [2.75, 3.05) is 51.4 Å². The van der Waals surface area contributed by atoms with Gasteiger partial charge in [0, 0.05) is 38.5 Å². The van der Waals surface area contributed by atoms with Crippen molar-refractivity contribution < 1.29 is 19.0 Å². The Morgan fingerprint density at radius 3 is 2.52 bits per heavy atom. The van der Waals surface area contributed by atoms with Crippen LogP contribution in [0.15, 0.2) is 48.5 Å². The van der Waals surface area contributed by atoms with Gasteiger partial charge in [0.15, 0.2) is 0 Å². The highest BCUT2D eigenvalue weighted by Crippen LogP contribution is 2.24. The van der Waals surface area contributed by atoms with E-state index in [-0.39, 0.29) is 12.0 Å². The van der Waals surface area contributed by atoms with Gasteiger partial charge in [0.2, 0.25) is 0 Å². The minimum absolute atomic E-state index is 0.0299. The second-order valence-corrected chi connectivity index (χ2v) is 7.42. The third kappa shape index (κ3) is 4.65. The Labute approximate surface area is 172 Å². The molecular weight excluding hydrogens is 368 g/mol. The Morgan fingerprint density at radius 1 is 1.07 bits per heavy atom. The van der Waals surface area contributed by atoms with Gasteiger partial charge in [-0.2, -0.15) is 0 Å². The standard InChI is InChI=1S/C23H28N2O4/c1-27-19-10-8-18(9-11-19)24-12-14-25(15-13-24)23(26)21-6-2-3-7-22(21)29-17-20-5-4-16-28-20/h2-3,6-11,20H,4-5,12-17H2,1H3. The summed E-state index contributed by atoms with van der Waals surface area (Å²) in [5, 5.41) is 0. The number of amides is 1. The van der Waals surface area contributed by atoms with Gasteiger partial charge in [-0.05, 0) is 49.2 Å². The van der Waals surface area contributed by atoms with Crippen molar-refractivity contribution in [1.82, 2.24) is 4.90 Å². The Kier molecular flexibility index (Phi) is 6.20. The number of anilines is 1. The molecule has 1 unspecified atom stereocenters. The Balaban J connectivity index is 1.36. The second-order valence-electron chi connectivity index (χ2n) is 7.42. The molecule has 6 heteroatoms. The number of para-hydroxylation sites is 1. The first-order chi connectivity index (χ1) is 14.2. The number of rotatable bonds is 6. The molecule has 4 rings (SSSR count). The first-order valence-corrected chi connectivity index (χ1v) is 10.3. The quantitative estimate of drug-likeness (QED) is 0.751. The molecule has 2 aliphatic rings. The molecule has 0 saturated carbocycles. The maximum absolute atomic E-state index is 13.1. The number of hydrogen-bond acceptors (Lipinski definition) is 5. The molecule has 2 aromatic carbocycles. The van der Waals surface area contributed by atoms with Crippen LogP contribution in [0, 0.1) is 0 Å². The Morgan fingerprint density at radius 2 is 1.83 bits per heavy atom. The summed E-state index contributed by atoms with van der Waals surface area (Å²) in [6.45, 7) is 4.27. The maximum Gasteiger partial charge on any atom is 0.257 e. The molecule has 0 aliphatic carbocycles. The topological polar surface area (TPSA) is 51.2 Å². The fourth-order valence-corrected chi connectivity index (χ4v) is 3.86. The van der Waals surface area contributed by atoms with E-state index in [4.69, 9.17) is 14.2 Å². The minimum Gasteiger partial charge on any atom is -0.497 e. The van der Waals surface area contributed by atoms with Gasteiger partial charge in [-0.3, -0.25) is 4.79 Å². The largest absolute Gasteiger partial charge is 0.497 e. The highest BCUT2D eigenvalue weighted by molar-refractivity contribution is 5.97. The SMILES string of the molecule is COc1ccc(N2CCN(C(=O)c3ccccc3OCC3CCCO3)CC2)cc1. The zero-order valence-corrected chi connectivity index (χ0v) is 16.9. The number of methoxy groups -OCH3 is 1. The molecule has 29 heavy (non-hydrogen) atoms. The van der Waals surface area contributed by atoms with Crippen LogP contribution in [0.4, 0.5) is 5.69 Å². The van der Waals surface area contributed by atoms with E-state index >= 15 is 0 Å². The molecule has 2 saturated heterocycles. The van der Waals surface area contributed by atoms with Gasteiger partial charge in [0.25, 0.3) is 5.91 Å². The van der Waals surface area contributed by atoms with Crippen molar-refractivity contribution in [2.24, 2.45) is 0 Å². The molecule has 2 aromatic rings. The molecule has 6 nitrogen and oxygen atoms in total. The maximum atomic E-state index is 13.1. The van der Waals surface area contributed by atoms with Gasteiger partial charge in [-0.15, -0.1) is 0 Å². The predicted octanol–water partition coefficient (Wildman–Crippen LogP) is 3.22. The van der Waals surface area contributed by atoms with Crippen molar-refractivity contribution in [2.45, 2.75) is 18.9 Å². The van der Waals surface area contributed by atoms with E-state index in [0.29, 0.717) is 31.0 Å². The molecule has 2 fully saturated rings. The summed E-state index contributed by atoms with van der Waals surface area (Å²) in [6, 6.07) is 15.6. The van der Waals surface area contributed by atoms with E-state index in [1.807, 2.05) is 41.3 Å². The molecule has 2 aliphatic heterocycles. The molecule has 154 valence electrons. The molecule has 2 heterocycles. The third-order valence-corrected chi connectivity index (χ3v) is 5.57. The van der Waals surface area contributed by atoms with E-state index in [1.54, 1.807) is 7.11 Å². The molecule has 1 amide bonds. The molecule has 0 N–H and O–H groups in total. The van der Waals surface area contributed by atoms with Crippen LogP contribution in [0.5, 0.6) is 11.5 Å². The number of carbonyl (C=O) groups is 1. The zero-order chi connectivity index (χ0) is 20.1. The number of nitrogens with zero attached hydrogens (tertiary/aromatic N) is 2. The van der Waals surface area contributed by atoms with Crippen LogP contribution in [0.3, 0.4) is 0 Å².